The van der Waals surface area contributed by atoms with Crippen molar-refractivity contribution >= 4 is 10.0 Å². The topological polar surface area (TPSA) is 63.4 Å². The van der Waals surface area contributed by atoms with E-state index in [-0.39, 0.29) is 6.04 Å². The summed E-state index contributed by atoms with van der Waals surface area (Å²) in [5.41, 5.74) is 6.70. The van der Waals surface area contributed by atoms with E-state index in [4.69, 9.17) is 5.73 Å². The molecule has 0 atom stereocenters. The van der Waals surface area contributed by atoms with Gasteiger partial charge in [0, 0.05) is 12.6 Å². The Morgan fingerprint density at radius 3 is 2.40 bits per heavy atom. The molecule has 0 amide bonds. The number of hydrogen-bond donors (Lipinski definition) is 1. The summed E-state index contributed by atoms with van der Waals surface area (Å²) in [6.45, 7) is 3.17. The van der Waals surface area contributed by atoms with Gasteiger partial charge in [-0.2, -0.15) is 4.31 Å². The van der Waals surface area contributed by atoms with Gasteiger partial charge in [0.25, 0.3) is 0 Å². The third kappa shape index (κ3) is 3.59. The van der Waals surface area contributed by atoms with Crippen molar-refractivity contribution in [1.29, 1.82) is 0 Å². The quantitative estimate of drug-likeness (QED) is 0.799. The normalized spacial score (nSPS) is 15.8. The molecule has 1 aliphatic carbocycles. The Hall–Kier alpha value is -0.910. The highest BCUT2D eigenvalue weighted by Gasteiger charge is 2.37. The number of aryl methyl sites for hydroxylation is 1. The number of nitrogens with zero attached hydrogens (tertiary/aromatic N) is 1. The zero-order chi connectivity index (χ0) is 14.6. The molecule has 0 unspecified atom stereocenters. The maximum absolute atomic E-state index is 12.7. The number of rotatable bonds is 8. The van der Waals surface area contributed by atoms with Crippen LogP contribution in [0.5, 0.6) is 0 Å². The molecule has 0 aromatic heterocycles. The van der Waals surface area contributed by atoms with Crippen molar-refractivity contribution in [3.8, 4) is 0 Å². The van der Waals surface area contributed by atoms with Gasteiger partial charge in [0.2, 0.25) is 10.0 Å². The molecule has 1 aromatic carbocycles. The summed E-state index contributed by atoms with van der Waals surface area (Å²) in [4.78, 5) is 0.404. The minimum atomic E-state index is -3.36. The summed E-state index contributed by atoms with van der Waals surface area (Å²) in [5, 5.41) is 0. The summed E-state index contributed by atoms with van der Waals surface area (Å²) in [6.07, 6.45) is 4.70. The van der Waals surface area contributed by atoms with Gasteiger partial charge >= 0.3 is 0 Å². The van der Waals surface area contributed by atoms with Gasteiger partial charge in [-0.15, -0.1) is 0 Å². The van der Waals surface area contributed by atoms with Crippen molar-refractivity contribution in [1.82, 2.24) is 4.31 Å². The van der Waals surface area contributed by atoms with Crippen LogP contribution >= 0.6 is 0 Å². The van der Waals surface area contributed by atoms with Crippen molar-refractivity contribution < 1.29 is 8.42 Å². The van der Waals surface area contributed by atoms with E-state index in [1.807, 2.05) is 12.1 Å². The second-order valence-electron chi connectivity index (χ2n) is 5.38. The first kappa shape index (κ1) is 15.5. The fourth-order valence-electron chi connectivity index (χ4n) is 2.36. The van der Waals surface area contributed by atoms with E-state index >= 15 is 0 Å². The summed E-state index contributed by atoms with van der Waals surface area (Å²) in [5.74, 6) is 0. The Balaban J connectivity index is 2.18. The van der Waals surface area contributed by atoms with Crippen molar-refractivity contribution in [2.24, 2.45) is 5.73 Å². The lowest BCUT2D eigenvalue weighted by Crippen LogP contribution is -2.34. The van der Waals surface area contributed by atoms with Crippen LogP contribution in [0, 0.1) is 0 Å². The molecule has 0 spiro atoms. The second kappa shape index (κ2) is 6.70. The fourth-order valence-corrected chi connectivity index (χ4v) is 4.08. The van der Waals surface area contributed by atoms with Gasteiger partial charge in [0.05, 0.1) is 4.90 Å². The van der Waals surface area contributed by atoms with Gasteiger partial charge in [-0.1, -0.05) is 25.5 Å². The van der Waals surface area contributed by atoms with Crippen LogP contribution in [0.1, 0.15) is 38.2 Å². The Labute approximate surface area is 122 Å². The Morgan fingerprint density at radius 1 is 1.25 bits per heavy atom. The van der Waals surface area contributed by atoms with Crippen molar-refractivity contribution in [3.63, 3.8) is 0 Å². The zero-order valence-electron chi connectivity index (χ0n) is 12.1. The van der Waals surface area contributed by atoms with E-state index < -0.39 is 10.0 Å². The molecular formula is C15H24N2O2S. The van der Waals surface area contributed by atoms with Crippen LogP contribution < -0.4 is 5.73 Å². The molecule has 2 rings (SSSR count). The molecule has 0 saturated heterocycles. The van der Waals surface area contributed by atoms with E-state index in [2.05, 4.69) is 6.92 Å². The molecule has 112 valence electrons. The average molecular weight is 296 g/mol. The number of hydrogen-bond acceptors (Lipinski definition) is 3. The van der Waals surface area contributed by atoms with Crippen LogP contribution in [0.15, 0.2) is 29.2 Å². The third-order valence-electron chi connectivity index (χ3n) is 3.61. The molecule has 0 heterocycles. The van der Waals surface area contributed by atoms with Gasteiger partial charge in [0.1, 0.15) is 0 Å². The fraction of sp³-hybridized carbons (Fsp3) is 0.600. The predicted molar refractivity (Wildman–Crippen MR) is 81.0 cm³/mol. The molecule has 0 radical (unpaired) electrons. The zero-order valence-corrected chi connectivity index (χ0v) is 12.9. The standard InChI is InChI=1S/C15H24N2O2S/c1-2-4-13-5-9-15(10-6-13)20(18,19)17(12-3-11-16)14-7-8-14/h5-6,9-10,14H,2-4,7-8,11-12,16H2,1H3. The molecule has 2 N–H and O–H groups in total. The average Bonchev–Trinajstić information content (AvgIpc) is 3.24. The van der Waals surface area contributed by atoms with Gasteiger partial charge in [-0.05, 0) is 49.9 Å². The van der Waals surface area contributed by atoms with Gasteiger partial charge < -0.3 is 5.73 Å². The lowest BCUT2D eigenvalue weighted by atomic mass is 10.1. The smallest absolute Gasteiger partial charge is 0.243 e. The minimum absolute atomic E-state index is 0.182. The van der Waals surface area contributed by atoms with Crippen LogP contribution in [-0.2, 0) is 16.4 Å². The van der Waals surface area contributed by atoms with E-state index in [0.29, 0.717) is 24.4 Å². The first-order valence-corrected chi connectivity index (χ1v) is 8.84. The molecule has 0 bridgehead atoms. The predicted octanol–water partition coefficient (Wildman–Crippen LogP) is 2.14. The summed E-state index contributed by atoms with van der Waals surface area (Å²) in [6, 6.07) is 7.49. The van der Waals surface area contributed by atoms with E-state index in [1.165, 1.54) is 5.56 Å². The third-order valence-corrected chi connectivity index (χ3v) is 5.57. The monoisotopic (exact) mass is 296 g/mol. The summed E-state index contributed by atoms with van der Waals surface area (Å²) < 4.78 is 27.0. The Morgan fingerprint density at radius 2 is 1.90 bits per heavy atom. The molecule has 1 saturated carbocycles. The maximum Gasteiger partial charge on any atom is 0.243 e. The number of nitrogens with two attached hydrogens (primary N) is 1. The Bertz CT molecular complexity index is 521. The highest BCUT2D eigenvalue weighted by Crippen LogP contribution is 2.32. The van der Waals surface area contributed by atoms with Crippen LogP contribution in [0.2, 0.25) is 0 Å². The van der Waals surface area contributed by atoms with Crippen molar-refractivity contribution in [2.45, 2.75) is 50.0 Å². The summed E-state index contributed by atoms with van der Waals surface area (Å²) >= 11 is 0. The van der Waals surface area contributed by atoms with Crippen molar-refractivity contribution in [3.05, 3.63) is 29.8 Å². The van der Waals surface area contributed by atoms with Gasteiger partial charge in [0.15, 0.2) is 0 Å². The lowest BCUT2D eigenvalue weighted by molar-refractivity contribution is 0.399. The number of sulfonamides is 1. The minimum Gasteiger partial charge on any atom is -0.330 e. The van der Waals surface area contributed by atoms with E-state index in [9.17, 15) is 8.42 Å². The molecular weight excluding hydrogens is 272 g/mol. The molecule has 1 fully saturated rings. The number of benzene rings is 1. The van der Waals surface area contributed by atoms with E-state index in [1.54, 1.807) is 16.4 Å². The second-order valence-corrected chi connectivity index (χ2v) is 7.27. The highest BCUT2D eigenvalue weighted by molar-refractivity contribution is 7.89. The van der Waals surface area contributed by atoms with E-state index in [0.717, 1.165) is 25.7 Å². The largest absolute Gasteiger partial charge is 0.330 e. The Kier molecular flexibility index (Phi) is 5.18. The molecule has 5 heteroatoms. The highest BCUT2D eigenvalue weighted by atomic mass is 32.2. The van der Waals surface area contributed by atoms with Gasteiger partial charge in [-0.25, -0.2) is 8.42 Å². The van der Waals surface area contributed by atoms with Crippen LogP contribution in [0.4, 0.5) is 0 Å². The molecule has 4 nitrogen and oxygen atoms in total. The first-order chi connectivity index (χ1) is 9.59. The molecule has 1 aliphatic rings. The van der Waals surface area contributed by atoms with Crippen molar-refractivity contribution in [2.75, 3.05) is 13.1 Å². The van der Waals surface area contributed by atoms with Gasteiger partial charge in [-0.3, -0.25) is 0 Å². The molecule has 0 aliphatic heterocycles. The maximum atomic E-state index is 12.7. The SMILES string of the molecule is CCCc1ccc(S(=O)(=O)N(CCCN)C2CC2)cc1. The van der Waals surface area contributed by atoms with Crippen LogP contribution in [0.3, 0.4) is 0 Å². The first-order valence-electron chi connectivity index (χ1n) is 7.40. The molecule has 20 heavy (non-hydrogen) atoms. The summed E-state index contributed by atoms with van der Waals surface area (Å²) in [7, 11) is -3.36. The lowest BCUT2D eigenvalue weighted by Gasteiger charge is -2.21. The molecule has 1 aromatic rings. The van der Waals surface area contributed by atoms with Crippen LogP contribution in [0.25, 0.3) is 0 Å². The van der Waals surface area contributed by atoms with Crippen LogP contribution in [-0.4, -0.2) is 31.9 Å².